The highest BCUT2D eigenvalue weighted by molar-refractivity contribution is 4.90. The van der Waals surface area contributed by atoms with Gasteiger partial charge in [0.05, 0.1) is 0 Å². The molecule has 1 aliphatic rings. The predicted octanol–water partition coefficient (Wildman–Crippen LogP) is 2.28. The summed E-state index contributed by atoms with van der Waals surface area (Å²) in [5, 5.41) is 3.64. The van der Waals surface area contributed by atoms with Crippen molar-refractivity contribution < 1.29 is 0 Å². The van der Waals surface area contributed by atoms with Gasteiger partial charge in [-0.25, -0.2) is 0 Å². The van der Waals surface area contributed by atoms with Gasteiger partial charge in [0, 0.05) is 37.8 Å². The molecule has 3 nitrogen and oxygen atoms in total. The van der Waals surface area contributed by atoms with Gasteiger partial charge < -0.3 is 15.1 Å². The molecule has 2 unspecified atom stereocenters. The minimum Gasteiger partial charge on any atom is -0.311 e. The highest BCUT2D eigenvalue weighted by atomic mass is 15.2. The summed E-state index contributed by atoms with van der Waals surface area (Å²) in [7, 11) is 4.41. The van der Waals surface area contributed by atoms with E-state index in [0.717, 1.165) is 12.5 Å². The van der Waals surface area contributed by atoms with Crippen LogP contribution in [0.4, 0.5) is 0 Å². The molecule has 0 radical (unpaired) electrons. The minimum absolute atomic E-state index is 0.210. The van der Waals surface area contributed by atoms with E-state index in [-0.39, 0.29) is 5.54 Å². The van der Waals surface area contributed by atoms with E-state index < -0.39 is 0 Å². The molecule has 19 heavy (non-hydrogen) atoms. The molecule has 0 saturated carbocycles. The van der Waals surface area contributed by atoms with Crippen molar-refractivity contribution in [2.24, 2.45) is 11.3 Å². The first-order valence-corrected chi connectivity index (χ1v) is 7.64. The van der Waals surface area contributed by atoms with E-state index in [1.54, 1.807) is 0 Å². The molecule has 2 atom stereocenters. The van der Waals surface area contributed by atoms with Crippen molar-refractivity contribution in [3.05, 3.63) is 0 Å². The van der Waals surface area contributed by atoms with Crippen LogP contribution in [0.2, 0.25) is 0 Å². The van der Waals surface area contributed by atoms with Gasteiger partial charge in [-0.05, 0) is 46.2 Å². The van der Waals surface area contributed by atoms with Crippen LogP contribution in [0.5, 0.6) is 0 Å². The number of rotatable bonds is 5. The predicted molar refractivity (Wildman–Crippen MR) is 84.6 cm³/mol. The fourth-order valence-electron chi connectivity index (χ4n) is 3.01. The van der Waals surface area contributed by atoms with Crippen molar-refractivity contribution in [1.29, 1.82) is 0 Å². The van der Waals surface area contributed by atoms with Crippen LogP contribution in [0.3, 0.4) is 0 Å². The molecule has 0 aliphatic carbocycles. The molecular weight excluding hydrogens is 234 g/mol. The Balaban J connectivity index is 2.46. The summed E-state index contributed by atoms with van der Waals surface area (Å²) in [5.41, 5.74) is 0.538. The lowest BCUT2D eigenvalue weighted by Gasteiger charge is -2.34. The van der Waals surface area contributed by atoms with Crippen LogP contribution in [0.1, 0.15) is 41.5 Å². The molecule has 1 N–H and O–H groups in total. The third kappa shape index (κ3) is 5.80. The lowest BCUT2D eigenvalue weighted by Crippen LogP contribution is -2.46. The van der Waals surface area contributed by atoms with Crippen molar-refractivity contribution in [1.82, 2.24) is 15.1 Å². The first kappa shape index (κ1) is 16.9. The molecular formula is C16H35N3. The Kier molecular flexibility index (Phi) is 5.44. The Labute approximate surface area is 120 Å². The molecule has 0 aromatic heterocycles. The van der Waals surface area contributed by atoms with Crippen molar-refractivity contribution >= 4 is 0 Å². The Bertz CT molecular complexity index is 278. The van der Waals surface area contributed by atoms with Crippen LogP contribution in [0, 0.1) is 11.3 Å². The van der Waals surface area contributed by atoms with Crippen LogP contribution < -0.4 is 5.32 Å². The molecule has 0 spiro atoms. The van der Waals surface area contributed by atoms with E-state index in [4.69, 9.17) is 0 Å². The maximum absolute atomic E-state index is 3.64. The van der Waals surface area contributed by atoms with Gasteiger partial charge in [0.2, 0.25) is 0 Å². The average molecular weight is 269 g/mol. The van der Waals surface area contributed by atoms with Crippen LogP contribution in [-0.4, -0.2) is 61.7 Å². The monoisotopic (exact) mass is 269 g/mol. The maximum Gasteiger partial charge on any atom is 0.0254 e. The molecule has 1 fully saturated rings. The number of nitrogens with zero attached hydrogens (tertiary/aromatic N) is 2. The summed E-state index contributed by atoms with van der Waals surface area (Å²) in [6.07, 6.45) is 0. The lowest BCUT2D eigenvalue weighted by atomic mass is 9.91. The molecule has 1 aliphatic heterocycles. The number of nitrogens with one attached hydrogen (secondary N) is 1. The Morgan fingerprint density at radius 2 is 1.68 bits per heavy atom. The standard InChI is InChI=1S/C16H35N3/c1-13-9-19(10-14(13)18(7)8)12-16(5,6)11-17-15(2,3)4/h13-14,17H,9-12H2,1-8H3. The van der Waals surface area contributed by atoms with Gasteiger partial charge in [0.15, 0.2) is 0 Å². The molecule has 0 amide bonds. The topological polar surface area (TPSA) is 18.5 Å². The van der Waals surface area contributed by atoms with Crippen molar-refractivity contribution in [3.63, 3.8) is 0 Å². The maximum atomic E-state index is 3.64. The van der Waals surface area contributed by atoms with Crippen LogP contribution >= 0.6 is 0 Å². The normalized spacial score (nSPS) is 26.4. The van der Waals surface area contributed by atoms with Crippen LogP contribution in [0.15, 0.2) is 0 Å². The summed E-state index contributed by atoms with van der Waals surface area (Å²) >= 11 is 0. The van der Waals surface area contributed by atoms with Crippen LogP contribution in [-0.2, 0) is 0 Å². The quantitative estimate of drug-likeness (QED) is 0.826. The second-order valence-electron chi connectivity index (χ2n) is 8.47. The highest BCUT2D eigenvalue weighted by Gasteiger charge is 2.34. The molecule has 0 aromatic rings. The molecule has 0 aromatic carbocycles. The SMILES string of the molecule is CC1CN(CC(C)(C)CNC(C)(C)C)CC1N(C)C. The van der Waals surface area contributed by atoms with E-state index in [0.29, 0.717) is 11.5 Å². The first-order valence-electron chi connectivity index (χ1n) is 7.64. The van der Waals surface area contributed by atoms with E-state index in [2.05, 4.69) is 70.8 Å². The van der Waals surface area contributed by atoms with Gasteiger partial charge in [0.25, 0.3) is 0 Å². The van der Waals surface area contributed by atoms with Crippen molar-refractivity contribution in [2.45, 2.75) is 53.1 Å². The van der Waals surface area contributed by atoms with E-state index >= 15 is 0 Å². The van der Waals surface area contributed by atoms with Gasteiger partial charge in [-0.3, -0.25) is 0 Å². The summed E-state index contributed by atoms with van der Waals surface area (Å²) in [4.78, 5) is 5.02. The molecule has 1 saturated heterocycles. The van der Waals surface area contributed by atoms with Gasteiger partial charge >= 0.3 is 0 Å². The zero-order chi connectivity index (χ0) is 14.8. The number of hydrogen-bond donors (Lipinski definition) is 1. The largest absolute Gasteiger partial charge is 0.311 e. The average Bonchev–Trinajstić information content (AvgIpc) is 2.55. The smallest absolute Gasteiger partial charge is 0.0254 e. The minimum atomic E-state index is 0.210. The van der Waals surface area contributed by atoms with Gasteiger partial charge in [-0.1, -0.05) is 20.8 Å². The third-order valence-electron chi connectivity index (χ3n) is 4.06. The molecule has 1 heterocycles. The molecule has 1 rings (SSSR count). The zero-order valence-electron chi connectivity index (χ0n) is 14.4. The Hall–Kier alpha value is -0.120. The highest BCUT2D eigenvalue weighted by Crippen LogP contribution is 2.25. The fourth-order valence-corrected chi connectivity index (χ4v) is 3.01. The van der Waals surface area contributed by atoms with Gasteiger partial charge in [0.1, 0.15) is 0 Å². The summed E-state index contributed by atoms with van der Waals surface area (Å²) in [6, 6.07) is 0.714. The lowest BCUT2D eigenvalue weighted by molar-refractivity contribution is 0.180. The van der Waals surface area contributed by atoms with Crippen LogP contribution in [0.25, 0.3) is 0 Å². The molecule has 114 valence electrons. The Morgan fingerprint density at radius 1 is 1.11 bits per heavy atom. The second kappa shape index (κ2) is 6.11. The van der Waals surface area contributed by atoms with Gasteiger partial charge in [-0.2, -0.15) is 0 Å². The number of likely N-dealkylation sites (N-methyl/N-ethyl adjacent to an activating group) is 1. The van der Waals surface area contributed by atoms with E-state index in [1.807, 2.05) is 0 Å². The molecule has 0 bridgehead atoms. The Morgan fingerprint density at radius 3 is 2.11 bits per heavy atom. The molecule has 3 heteroatoms. The van der Waals surface area contributed by atoms with E-state index in [9.17, 15) is 0 Å². The van der Waals surface area contributed by atoms with E-state index in [1.165, 1.54) is 19.6 Å². The van der Waals surface area contributed by atoms with Gasteiger partial charge in [-0.15, -0.1) is 0 Å². The van der Waals surface area contributed by atoms with Crippen molar-refractivity contribution in [2.75, 3.05) is 40.3 Å². The zero-order valence-corrected chi connectivity index (χ0v) is 14.4. The number of likely N-dealkylation sites (tertiary alicyclic amines) is 1. The third-order valence-corrected chi connectivity index (χ3v) is 4.06. The second-order valence-corrected chi connectivity index (χ2v) is 8.47. The fraction of sp³-hybridized carbons (Fsp3) is 1.00. The summed E-state index contributed by atoms with van der Waals surface area (Å²) in [6.45, 7) is 18.6. The summed E-state index contributed by atoms with van der Waals surface area (Å²) in [5.74, 6) is 0.779. The number of hydrogen-bond acceptors (Lipinski definition) is 3. The first-order chi connectivity index (χ1) is 8.50. The summed E-state index contributed by atoms with van der Waals surface area (Å²) < 4.78 is 0. The van der Waals surface area contributed by atoms with Crippen molar-refractivity contribution in [3.8, 4) is 0 Å².